The van der Waals surface area contributed by atoms with Gasteiger partial charge in [-0.1, -0.05) is 18.2 Å². The van der Waals surface area contributed by atoms with Crippen molar-refractivity contribution in [2.24, 2.45) is 0 Å². The monoisotopic (exact) mass is 269 g/mol. The molecule has 102 valence electrons. The molecule has 0 fully saturated rings. The third-order valence-electron chi connectivity index (χ3n) is 2.99. The molecule has 0 amide bonds. The Morgan fingerprint density at radius 2 is 2.05 bits per heavy atom. The van der Waals surface area contributed by atoms with E-state index in [9.17, 15) is 13.2 Å². The minimum absolute atomic E-state index is 0.0674. The number of halogens is 3. The van der Waals surface area contributed by atoms with E-state index in [0.717, 1.165) is 11.6 Å². The highest BCUT2D eigenvalue weighted by Gasteiger charge is 2.30. The summed E-state index contributed by atoms with van der Waals surface area (Å²) in [4.78, 5) is 0. The van der Waals surface area contributed by atoms with E-state index in [1.165, 1.54) is 12.1 Å². The first kappa shape index (κ1) is 13.7. The van der Waals surface area contributed by atoms with Gasteiger partial charge in [-0.2, -0.15) is 13.2 Å². The SMILES string of the molecule is CNC(Cc1cccc(C(F)(F)F)c1)c1ccoc1. The van der Waals surface area contributed by atoms with Crippen molar-refractivity contribution < 1.29 is 17.6 Å². The molecule has 1 unspecified atom stereocenters. The molecular formula is C14H14F3NO. The number of hydrogen-bond acceptors (Lipinski definition) is 2. The molecule has 2 nitrogen and oxygen atoms in total. The first-order valence-electron chi connectivity index (χ1n) is 5.86. The van der Waals surface area contributed by atoms with E-state index < -0.39 is 11.7 Å². The second-order valence-electron chi connectivity index (χ2n) is 4.30. The van der Waals surface area contributed by atoms with Crippen LogP contribution in [0.5, 0.6) is 0 Å². The summed E-state index contributed by atoms with van der Waals surface area (Å²) in [6, 6.07) is 7.12. The van der Waals surface area contributed by atoms with Gasteiger partial charge in [0.05, 0.1) is 18.1 Å². The number of furan rings is 1. The lowest BCUT2D eigenvalue weighted by atomic mass is 9.99. The predicted octanol–water partition coefficient (Wildman–Crippen LogP) is 3.80. The first-order valence-corrected chi connectivity index (χ1v) is 5.86. The maximum absolute atomic E-state index is 12.6. The lowest BCUT2D eigenvalue weighted by Gasteiger charge is -2.15. The molecule has 0 saturated carbocycles. The van der Waals surface area contributed by atoms with Crippen molar-refractivity contribution >= 4 is 0 Å². The molecule has 0 aliphatic heterocycles. The highest BCUT2D eigenvalue weighted by molar-refractivity contribution is 5.27. The molecular weight excluding hydrogens is 255 g/mol. The molecule has 5 heteroatoms. The van der Waals surface area contributed by atoms with Crippen LogP contribution < -0.4 is 5.32 Å². The van der Waals surface area contributed by atoms with Gasteiger partial charge in [-0.05, 0) is 31.2 Å². The predicted molar refractivity (Wildman–Crippen MR) is 65.7 cm³/mol. The molecule has 1 heterocycles. The van der Waals surface area contributed by atoms with Crippen LogP contribution in [0.25, 0.3) is 0 Å². The van der Waals surface area contributed by atoms with Crippen LogP contribution in [0.1, 0.15) is 22.7 Å². The Kier molecular flexibility index (Phi) is 3.95. The molecule has 0 saturated heterocycles. The summed E-state index contributed by atoms with van der Waals surface area (Å²) in [7, 11) is 1.77. The largest absolute Gasteiger partial charge is 0.472 e. The minimum atomic E-state index is -4.30. The molecule has 2 rings (SSSR count). The van der Waals surface area contributed by atoms with E-state index in [1.54, 1.807) is 31.7 Å². The van der Waals surface area contributed by atoms with Crippen LogP contribution in [-0.4, -0.2) is 7.05 Å². The van der Waals surface area contributed by atoms with Crippen LogP contribution in [-0.2, 0) is 12.6 Å². The highest BCUT2D eigenvalue weighted by Crippen LogP contribution is 2.30. The average molecular weight is 269 g/mol. The van der Waals surface area contributed by atoms with Gasteiger partial charge >= 0.3 is 6.18 Å². The van der Waals surface area contributed by atoms with E-state index >= 15 is 0 Å². The van der Waals surface area contributed by atoms with E-state index in [0.29, 0.717) is 12.0 Å². The number of hydrogen-bond donors (Lipinski definition) is 1. The van der Waals surface area contributed by atoms with E-state index in [1.807, 2.05) is 0 Å². The fraction of sp³-hybridized carbons (Fsp3) is 0.286. The number of rotatable bonds is 4. The van der Waals surface area contributed by atoms with Crippen molar-refractivity contribution in [1.29, 1.82) is 0 Å². The Morgan fingerprint density at radius 1 is 1.26 bits per heavy atom. The van der Waals surface area contributed by atoms with Crippen molar-refractivity contribution in [2.75, 3.05) is 7.05 Å². The van der Waals surface area contributed by atoms with Crippen LogP contribution in [0.2, 0.25) is 0 Å². The third kappa shape index (κ3) is 3.38. The van der Waals surface area contributed by atoms with Crippen molar-refractivity contribution in [3.8, 4) is 0 Å². The van der Waals surface area contributed by atoms with Crippen molar-refractivity contribution in [1.82, 2.24) is 5.32 Å². The molecule has 1 aromatic carbocycles. The molecule has 0 bridgehead atoms. The summed E-state index contributed by atoms with van der Waals surface area (Å²) >= 11 is 0. The summed E-state index contributed by atoms with van der Waals surface area (Å²) in [6.45, 7) is 0. The summed E-state index contributed by atoms with van der Waals surface area (Å²) in [5.74, 6) is 0. The summed E-state index contributed by atoms with van der Waals surface area (Å²) in [5, 5.41) is 3.07. The average Bonchev–Trinajstić information content (AvgIpc) is 2.89. The van der Waals surface area contributed by atoms with E-state index in [4.69, 9.17) is 4.42 Å². The lowest BCUT2D eigenvalue weighted by molar-refractivity contribution is -0.137. The quantitative estimate of drug-likeness (QED) is 0.913. The van der Waals surface area contributed by atoms with Crippen LogP contribution in [0, 0.1) is 0 Å². The molecule has 1 atom stereocenters. The zero-order valence-corrected chi connectivity index (χ0v) is 10.4. The molecule has 0 radical (unpaired) electrons. The summed E-state index contributed by atoms with van der Waals surface area (Å²) in [5.41, 5.74) is 0.933. The highest BCUT2D eigenvalue weighted by atomic mass is 19.4. The van der Waals surface area contributed by atoms with Crippen LogP contribution in [0.3, 0.4) is 0 Å². The van der Waals surface area contributed by atoms with Gasteiger partial charge in [0.15, 0.2) is 0 Å². The van der Waals surface area contributed by atoms with Crippen LogP contribution >= 0.6 is 0 Å². The topological polar surface area (TPSA) is 25.2 Å². The summed E-state index contributed by atoms with van der Waals surface area (Å²) < 4.78 is 42.9. The van der Waals surface area contributed by atoms with Crippen molar-refractivity contribution in [3.05, 3.63) is 59.5 Å². The molecule has 1 N–H and O–H groups in total. The minimum Gasteiger partial charge on any atom is -0.472 e. The van der Waals surface area contributed by atoms with Gasteiger partial charge < -0.3 is 9.73 Å². The van der Waals surface area contributed by atoms with Gasteiger partial charge in [-0.15, -0.1) is 0 Å². The smallest absolute Gasteiger partial charge is 0.416 e. The molecule has 2 aromatic rings. The first-order chi connectivity index (χ1) is 9.00. The zero-order chi connectivity index (χ0) is 13.9. The van der Waals surface area contributed by atoms with Gasteiger partial charge in [0.1, 0.15) is 0 Å². The Balaban J connectivity index is 2.19. The second kappa shape index (κ2) is 5.48. The maximum Gasteiger partial charge on any atom is 0.416 e. The number of benzene rings is 1. The number of nitrogens with one attached hydrogen (secondary N) is 1. The standard InChI is InChI=1S/C14H14F3NO/c1-18-13(11-5-6-19-9-11)8-10-3-2-4-12(7-10)14(15,16)17/h2-7,9,13,18H,8H2,1H3. The Hall–Kier alpha value is -1.75. The van der Waals surface area contributed by atoms with Gasteiger partial charge in [0.25, 0.3) is 0 Å². The number of alkyl halides is 3. The van der Waals surface area contributed by atoms with Gasteiger partial charge in [0, 0.05) is 11.6 Å². The van der Waals surface area contributed by atoms with E-state index in [-0.39, 0.29) is 6.04 Å². The molecule has 0 aliphatic carbocycles. The van der Waals surface area contributed by atoms with Crippen molar-refractivity contribution in [2.45, 2.75) is 18.6 Å². The third-order valence-corrected chi connectivity index (χ3v) is 2.99. The summed E-state index contributed by atoms with van der Waals surface area (Å²) in [6.07, 6.45) is -0.693. The normalized spacial score (nSPS) is 13.5. The van der Waals surface area contributed by atoms with Crippen LogP contribution in [0.4, 0.5) is 13.2 Å². The van der Waals surface area contributed by atoms with Gasteiger partial charge in [-0.25, -0.2) is 0 Å². The zero-order valence-electron chi connectivity index (χ0n) is 10.4. The lowest BCUT2D eigenvalue weighted by Crippen LogP contribution is -2.18. The fourth-order valence-corrected chi connectivity index (χ4v) is 1.97. The number of likely N-dealkylation sites (N-methyl/N-ethyl adjacent to an activating group) is 1. The second-order valence-corrected chi connectivity index (χ2v) is 4.30. The Morgan fingerprint density at radius 3 is 2.63 bits per heavy atom. The molecule has 0 aliphatic rings. The van der Waals surface area contributed by atoms with Gasteiger partial charge in [0.2, 0.25) is 0 Å². The molecule has 0 spiro atoms. The fourth-order valence-electron chi connectivity index (χ4n) is 1.97. The maximum atomic E-state index is 12.6. The van der Waals surface area contributed by atoms with Crippen LogP contribution in [0.15, 0.2) is 47.3 Å². The molecule has 19 heavy (non-hydrogen) atoms. The Bertz CT molecular complexity index is 520. The van der Waals surface area contributed by atoms with Gasteiger partial charge in [-0.3, -0.25) is 0 Å². The molecule has 1 aromatic heterocycles. The van der Waals surface area contributed by atoms with E-state index in [2.05, 4.69) is 5.32 Å². The Labute approximate surface area is 109 Å². The van der Waals surface area contributed by atoms with Crippen molar-refractivity contribution in [3.63, 3.8) is 0 Å².